The van der Waals surface area contributed by atoms with Crippen molar-refractivity contribution in [3.05, 3.63) is 29.6 Å². The number of aliphatic hydroxyl groups is 5. The van der Waals surface area contributed by atoms with Crippen LogP contribution in [0, 0.1) is 0 Å². The number of H-pyrrole nitrogens is 1. The zero-order valence-electron chi connectivity index (χ0n) is 11.6. The summed E-state index contributed by atoms with van der Waals surface area (Å²) in [7, 11) is 0. The summed E-state index contributed by atoms with van der Waals surface area (Å²) >= 11 is 0. The third-order valence-corrected chi connectivity index (χ3v) is 3.36. The van der Waals surface area contributed by atoms with Crippen LogP contribution in [0.4, 0.5) is 13.2 Å². The first kappa shape index (κ1) is 17.6. The van der Waals surface area contributed by atoms with E-state index >= 15 is 0 Å². The summed E-state index contributed by atoms with van der Waals surface area (Å²) in [5.41, 5.74) is -0.805. The molecule has 1 aromatic heterocycles. The van der Waals surface area contributed by atoms with E-state index in [9.17, 15) is 33.6 Å². The Morgan fingerprint density at radius 1 is 1.09 bits per heavy atom. The van der Waals surface area contributed by atoms with Gasteiger partial charge in [-0.3, -0.25) is 0 Å². The fraction of sp³-hybridized carbons (Fsp3) is 0.462. The number of nitrogens with zero attached hydrogens (tertiary/aromatic N) is 1. The second kappa shape index (κ2) is 6.42. The molecule has 0 fully saturated rings. The van der Waals surface area contributed by atoms with E-state index < -0.39 is 42.8 Å². The molecule has 3 unspecified atom stereocenters. The average molecular weight is 336 g/mol. The van der Waals surface area contributed by atoms with Crippen LogP contribution >= 0.6 is 0 Å². The number of aromatic amines is 1. The minimum Gasteiger partial charge on any atom is -0.394 e. The Bertz CT molecular complexity index is 675. The SMILES string of the molecule is OCC(O)[C@H](O)C(O)C(O)c1nc2ccc(C(F)(F)F)cc2[nH]1. The molecule has 1 aromatic carbocycles. The molecule has 23 heavy (non-hydrogen) atoms. The molecule has 0 radical (unpaired) electrons. The molecule has 10 heteroatoms. The van der Waals surface area contributed by atoms with Crippen LogP contribution in [-0.2, 0) is 6.18 Å². The van der Waals surface area contributed by atoms with Gasteiger partial charge in [-0.25, -0.2) is 4.98 Å². The number of nitrogens with one attached hydrogen (secondary N) is 1. The van der Waals surface area contributed by atoms with Crippen LogP contribution in [0.25, 0.3) is 11.0 Å². The molecule has 0 aliphatic heterocycles. The van der Waals surface area contributed by atoms with Gasteiger partial charge in [0.1, 0.15) is 30.2 Å². The molecule has 2 aromatic rings. The lowest BCUT2D eigenvalue weighted by Gasteiger charge is -2.24. The van der Waals surface area contributed by atoms with Crippen LogP contribution in [0.2, 0.25) is 0 Å². The van der Waals surface area contributed by atoms with Gasteiger partial charge in [0, 0.05) is 0 Å². The third kappa shape index (κ3) is 3.62. The number of hydrogen-bond donors (Lipinski definition) is 6. The van der Waals surface area contributed by atoms with Crippen LogP contribution in [0.1, 0.15) is 17.5 Å². The molecule has 0 saturated carbocycles. The third-order valence-electron chi connectivity index (χ3n) is 3.36. The quantitative estimate of drug-likeness (QED) is 0.444. The molecule has 0 aliphatic rings. The Morgan fingerprint density at radius 3 is 2.30 bits per heavy atom. The van der Waals surface area contributed by atoms with Gasteiger partial charge in [-0.2, -0.15) is 13.2 Å². The first-order chi connectivity index (χ1) is 10.6. The van der Waals surface area contributed by atoms with Gasteiger partial charge in [-0.1, -0.05) is 0 Å². The topological polar surface area (TPSA) is 130 Å². The summed E-state index contributed by atoms with van der Waals surface area (Å²) in [4.78, 5) is 6.26. The van der Waals surface area contributed by atoms with Crippen molar-refractivity contribution in [1.29, 1.82) is 0 Å². The molecule has 0 aliphatic carbocycles. The smallest absolute Gasteiger partial charge is 0.394 e. The van der Waals surface area contributed by atoms with Gasteiger partial charge in [-0.15, -0.1) is 0 Å². The standard InChI is InChI=1S/C13H15F3N2O5/c14-13(15,16)5-1-2-6-7(3-5)18-12(17-6)11(23)10(22)9(21)8(20)4-19/h1-3,8-11,19-23H,4H2,(H,17,18)/t8?,9-,10?,11?/m0/s1. The van der Waals surface area contributed by atoms with Gasteiger partial charge in [0.25, 0.3) is 0 Å². The van der Waals surface area contributed by atoms with Crippen LogP contribution in [0.15, 0.2) is 18.2 Å². The van der Waals surface area contributed by atoms with E-state index in [0.717, 1.165) is 18.2 Å². The monoisotopic (exact) mass is 336 g/mol. The summed E-state index contributed by atoms with van der Waals surface area (Å²) in [5, 5.41) is 47.1. The number of rotatable bonds is 5. The number of alkyl halides is 3. The molecular weight excluding hydrogens is 321 g/mol. The zero-order valence-corrected chi connectivity index (χ0v) is 11.6. The van der Waals surface area contributed by atoms with Crippen molar-refractivity contribution in [1.82, 2.24) is 9.97 Å². The first-order valence-corrected chi connectivity index (χ1v) is 6.55. The van der Waals surface area contributed by atoms with E-state index in [4.69, 9.17) is 5.11 Å². The molecule has 7 nitrogen and oxygen atoms in total. The van der Waals surface area contributed by atoms with Gasteiger partial charge in [0.05, 0.1) is 23.2 Å². The zero-order chi connectivity index (χ0) is 17.4. The van der Waals surface area contributed by atoms with E-state index in [2.05, 4.69) is 9.97 Å². The second-order valence-electron chi connectivity index (χ2n) is 5.03. The Hall–Kier alpha value is -1.72. The number of fused-ring (bicyclic) bond motifs is 1. The number of hydrogen-bond acceptors (Lipinski definition) is 6. The first-order valence-electron chi connectivity index (χ1n) is 6.55. The lowest BCUT2D eigenvalue weighted by molar-refractivity contribution is -0.137. The number of imidazole rings is 1. The van der Waals surface area contributed by atoms with E-state index in [1.54, 1.807) is 0 Å². The predicted octanol–water partition coefficient (Wildman–Crippen LogP) is -0.310. The summed E-state index contributed by atoms with van der Waals surface area (Å²) in [6.07, 6.45) is -11.8. The van der Waals surface area contributed by atoms with Crippen LogP contribution < -0.4 is 0 Å². The van der Waals surface area contributed by atoms with Crippen LogP contribution in [0.5, 0.6) is 0 Å². The van der Waals surface area contributed by atoms with Crippen molar-refractivity contribution in [2.45, 2.75) is 30.6 Å². The van der Waals surface area contributed by atoms with Crippen molar-refractivity contribution in [2.24, 2.45) is 0 Å². The molecule has 6 N–H and O–H groups in total. The maximum atomic E-state index is 12.6. The van der Waals surface area contributed by atoms with Crippen LogP contribution in [-0.4, -0.2) is 60.4 Å². The highest BCUT2D eigenvalue weighted by atomic mass is 19.4. The molecule has 0 bridgehead atoms. The van der Waals surface area contributed by atoms with Gasteiger partial charge >= 0.3 is 6.18 Å². The molecule has 0 amide bonds. The summed E-state index contributed by atoms with van der Waals surface area (Å²) in [5.74, 6) is -0.281. The molecule has 0 saturated heterocycles. The van der Waals surface area contributed by atoms with Gasteiger partial charge in [-0.05, 0) is 18.2 Å². The predicted molar refractivity (Wildman–Crippen MR) is 71.2 cm³/mol. The van der Waals surface area contributed by atoms with Crippen LogP contribution in [0.3, 0.4) is 0 Å². The minimum atomic E-state index is -4.54. The second-order valence-corrected chi connectivity index (χ2v) is 5.03. The van der Waals surface area contributed by atoms with E-state index in [1.807, 2.05) is 0 Å². The number of halogens is 3. The van der Waals surface area contributed by atoms with Crippen molar-refractivity contribution in [3.63, 3.8) is 0 Å². The Morgan fingerprint density at radius 2 is 1.74 bits per heavy atom. The molecule has 1 heterocycles. The van der Waals surface area contributed by atoms with Crippen molar-refractivity contribution < 1.29 is 38.7 Å². The Labute approximate surface area is 127 Å². The van der Waals surface area contributed by atoms with Gasteiger partial charge in [0.2, 0.25) is 0 Å². The van der Waals surface area contributed by atoms with E-state index in [0.29, 0.717) is 0 Å². The number of aliphatic hydroxyl groups excluding tert-OH is 5. The molecule has 2 rings (SSSR count). The highest BCUT2D eigenvalue weighted by Gasteiger charge is 2.33. The molecule has 128 valence electrons. The average Bonchev–Trinajstić information content (AvgIpc) is 2.94. The van der Waals surface area contributed by atoms with Crippen molar-refractivity contribution in [3.8, 4) is 0 Å². The summed E-state index contributed by atoms with van der Waals surface area (Å²) < 4.78 is 37.9. The van der Waals surface area contributed by atoms with E-state index in [-0.39, 0.29) is 16.9 Å². The molecular formula is C13H15F3N2O5. The van der Waals surface area contributed by atoms with Gasteiger partial charge in [0.15, 0.2) is 0 Å². The molecule has 4 atom stereocenters. The maximum Gasteiger partial charge on any atom is 0.416 e. The van der Waals surface area contributed by atoms with E-state index in [1.165, 1.54) is 0 Å². The fourth-order valence-electron chi connectivity index (χ4n) is 2.03. The maximum absolute atomic E-state index is 12.6. The lowest BCUT2D eigenvalue weighted by Crippen LogP contribution is -2.42. The van der Waals surface area contributed by atoms with Crippen molar-refractivity contribution in [2.75, 3.05) is 6.61 Å². The Kier molecular flexibility index (Phi) is 4.92. The lowest BCUT2D eigenvalue weighted by atomic mass is 10.0. The number of aromatic nitrogens is 2. The number of benzene rings is 1. The van der Waals surface area contributed by atoms with Gasteiger partial charge < -0.3 is 30.5 Å². The summed E-state index contributed by atoms with van der Waals surface area (Å²) in [6.45, 7) is -0.847. The Balaban J connectivity index is 2.29. The fourth-order valence-corrected chi connectivity index (χ4v) is 2.03. The highest BCUT2D eigenvalue weighted by molar-refractivity contribution is 5.76. The van der Waals surface area contributed by atoms with Crippen molar-refractivity contribution >= 4 is 11.0 Å². The highest BCUT2D eigenvalue weighted by Crippen LogP contribution is 2.31. The normalized spacial score (nSPS) is 17.9. The summed E-state index contributed by atoms with van der Waals surface area (Å²) in [6, 6.07) is 2.71. The molecule has 0 spiro atoms. The largest absolute Gasteiger partial charge is 0.416 e. The minimum absolute atomic E-state index is 0.0155.